The SMILES string of the molecule is CCOc1cc(-c2c(OC)cc(-c3ccc(O)cc3)c(OC)c2O)ccc1OCC=C(C)C. The van der Waals surface area contributed by atoms with Gasteiger partial charge in [0.05, 0.1) is 26.4 Å². The molecular formula is C27H30O6. The van der Waals surface area contributed by atoms with Crippen LogP contribution in [0.1, 0.15) is 20.8 Å². The molecule has 0 bridgehead atoms. The van der Waals surface area contributed by atoms with E-state index in [1.54, 1.807) is 37.4 Å². The molecule has 3 aromatic rings. The van der Waals surface area contributed by atoms with Crippen LogP contribution in [-0.4, -0.2) is 37.6 Å². The third kappa shape index (κ3) is 5.34. The van der Waals surface area contributed by atoms with Gasteiger partial charge in [0.1, 0.15) is 18.1 Å². The van der Waals surface area contributed by atoms with Gasteiger partial charge in [-0.1, -0.05) is 23.8 Å². The molecule has 0 atom stereocenters. The lowest BCUT2D eigenvalue weighted by atomic mass is 9.96. The molecule has 3 rings (SSSR count). The molecule has 0 aliphatic carbocycles. The van der Waals surface area contributed by atoms with Crippen LogP contribution < -0.4 is 18.9 Å². The minimum Gasteiger partial charge on any atom is -0.508 e. The summed E-state index contributed by atoms with van der Waals surface area (Å²) in [6, 6.07) is 13.9. The summed E-state index contributed by atoms with van der Waals surface area (Å²) in [5.41, 5.74) is 3.75. The largest absolute Gasteiger partial charge is 0.508 e. The van der Waals surface area contributed by atoms with E-state index in [2.05, 4.69) is 0 Å². The molecule has 0 aromatic heterocycles. The van der Waals surface area contributed by atoms with Gasteiger partial charge in [-0.2, -0.15) is 0 Å². The number of ether oxygens (including phenoxy) is 4. The summed E-state index contributed by atoms with van der Waals surface area (Å²) in [6.07, 6.45) is 1.99. The van der Waals surface area contributed by atoms with Crippen molar-refractivity contribution in [3.8, 4) is 56.8 Å². The van der Waals surface area contributed by atoms with E-state index in [-0.39, 0.29) is 11.5 Å². The maximum absolute atomic E-state index is 11.2. The second-order valence-corrected chi connectivity index (χ2v) is 7.62. The van der Waals surface area contributed by atoms with Gasteiger partial charge < -0.3 is 29.2 Å². The van der Waals surface area contributed by atoms with Crippen molar-refractivity contribution in [3.05, 3.63) is 60.2 Å². The van der Waals surface area contributed by atoms with Crippen LogP contribution in [-0.2, 0) is 0 Å². The van der Waals surface area contributed by atoms with Crippen LogP contribution >= 0.6 is 0 Å². The molecule has 0 heterocycles. The average Bonchev–Trinajstić information content (AvgIpc) is 2.80. The molecule has 0 aliphatic rings. The fraction of sp³-hybridized carbons (Fsp3) is 0.259. The van der Waals surface area contributed by atoms with Crippen molar-refractivity contribution < 1.29 is 29.2 Å². The Hall–Kier alpha value is -3.80. The smallest absolute Gasteiger partial charge is 0.170 e. The first-order chi connectivity index (χ1) is 15.9. The van der Waals surface area contributed by atoms with E-state index in [1.165, 1.54) is 12.7 Å². The summed E-state index contributed by atoms with van der Waals surface area (Å²) in [7, 11) is 3.05. The first-order valence-electron chi connectivity index (χ1n) is 10.7. The Bertz CT molecular complexity index is 1130. The summed E-state index contributed by atoms with van der Waals surface area (Å²) < 4.78 is 22.9. The lowest BCUT2D eigenvalue weighted by Crippen LogP contribution is -2.00. The molecule has 33 heavy (non-hydrogen) atoms. The van der Waals surface area contributed by atoms with Gasteiger partial charge >= 0.3 is 0 Å². The summed E-state index contributed by atoms with van der Waals surface area (Å²) in [4.78, 5) is 0. The second kappa shape index (κ2) is 10.7. The zero-order valence-corrected chi connectivity index (χ0v) is 19.6. The quantitative estimate of drug-likeness (QED) is 0.378. The average molecular weight is 451 g/mol. The molecule has 0 saturated heterocycles. The molecule has 0 aliphatic heterocycles. The highest BCUT2D eigenvalue weighted by Gasteiger charge is 2.22. The Kier molecular flexibility index (Phi) is 7.72. The van der Waals surface area contributed by atoms with Gasteiger partial charge in [0, 0.05) is 5.56 Å². The van der Waals surface area contributed by atoms with Crippen LogP contribution in [0.2, 0.25) is 0 Å². The van der Waals surface area contributed by atoms with Crippen molar-refractivity contribution >= 4 is 0 Å². The molecule has 6 heteroatoms. The van der Waals surface area contributed by atoms with Gasteiger partial charge in [-0.25, -0.2) is 0 Å². The third-order valence-corrected chi connectivity index (χ3v) is 5.08. The van der Waals surface area contributed by atoms with E-state index < -0.39 is 0 Å². The van der Waals surface area contributed by atoms with E-state index in [1.807, 2.05) is 45.0 Å². The Morgan fingerprint density at radius 2 is 1.52 bits per heavy atom. The summed E-state index contributed by atoms with van der Waals surface area (Å²) in [5.74, 6) is 2.06. The summed E-state index contributed by atoms with van der Waals surface area (Å²) in [5, 5.41) is 20.8. The molecule has 3 aromatic carbocycles. The molecule has 0 unspecified atom stereocenters. The summed E-state index contributed by atoms with van der Waals surface area (Å²) in [6.45, 7) is 6.83. The number of phenols is 2. The zero-order valence-electron chi connectivity index (χ0n) is 19.6. The van der Waals surface area contributed by atoms with Crippen molar-refractivity contribution in [2.45, 2.75) is 20.8 Å². The van der Waals surface area contributed by atoms with Crippen molar-refractivity contribution in [2.24, 2.45) is 0 Å². The van der Waals surface area contributed by atoms with E-state index in [0.29, 0.717) is 52.9 Å². The number of rotatable bonds is 9. The van der Waals surface area contributed by atoms with E-state index >= 15 is 0 Å². The molecule has 0 fully saturated rings. The number of hydrogen-bond donors (Lipinski definition) is 2. The van der Waals surface area contributed by atoms with Crippen molar-refractivity contribution in [3.63, 3.8) is 0 Å². The Morgan fingerprint density at radius 3 is 2.12 bits per heavy atom. The number of phenolic OH excluding ortho intramolecular Hbond substituents is 2. The highest BCUT2D eigenvalue weighted by atomic mass is 16.5. The van der Waals surface area contributed by atoms with Crippen LogP contribution in [0.4, 0.5) is 0 Å². The molecule has 0 saturated carbocycles. The minimum absolute atomic E-state index is 0.0550. The van der Waals surface area contributed by atoms with Crippen molar-refractivity contribution in [1.82, 2.24) is 0 Å². The molecule has 174 valence electrons. The predicted octanol–water partition coefficient (Wildman–Crippen LogP) is 6.19. The molecule has 2 N–H and O–H groups in total. The third-order valence-electron chi connectivity index (χ3n) is 5.08. The predicted molar refractivity (Wildman–Crippen MR) is 130 cm³/mol. The lowest BCUT2D eigenvalue weighted by molar-refractivity contribution is 0.296. The van der Waals surface area contributed by atoms with E-state index in [0.717, 1.165) is 5.56 Å². The Balaban J connectivity index is 2.12. The highest BCUT2D eigenvalue weighted by Crippen LogP contribution is 2.50. The monoisotopic (exact) mass is 450 g/mol. The fourth-order valence-corrected chi connectivity index (χ4v) is 3.48. The number of hydrogen-bond acceptors (Lipinski definition) is 6. The molecule has 0 radical (unpaired) electrons. The number of aromatic hydroxyl groups is 2. The Labute approximate surface area is 194 Å². The van der Waals surface area contributed by atoms with Gasteiger partial charge in [-0.3, -0.25) is 0 Å². The van der Waals surface area contributed by atoms with E-state index in [9.17, 15) is 10.2 Å². The maximum Gasteiger partial charge on any atom is 0.170 e. The van der Waals surface area contributed by atoms with E-state index in [4.69, 9.17) is 18.9 Å². The van der Waals surface area contributed by atoms with Crippen LogP contribution in [0.15, 0.2) is 60.2 Å². The van der Waals surface area contributed by atoms with Gasteiger partial charge in [0.2, 0.25) is 0 Å². The van der Waals surface area contributed by atoms with Crippen molar-refractivity contribution in [2.75, 3.05) is 27.4 Å². The van der Waals surface area contributed by atoms with Gasteiger partial charge in [-0.05, 0) is 68.3 Å². The highest BCUT2D eigenvalue weighted by molar-refractivity contribution is 5.88. The van der Waals surface area contributed by atoms with Gasteiger partial charge in [0.15, 0.2) is 23.0 Å². The van der Waals surface area contributed by atoms with Crippen LogP contribution in [0, 0.1) is 0 Å². The number of benzene rings is 3. The number of methoxy groups -OCH3 is 2. The maximum atomic E-state index is 11.2. The van der Waals surface area contributed by atoms with Gasteiger partial charge in [0.25, 0.3) is 0 Å². The molecule has 0 amide bonds. The van der Waals surface area contributed by atoms with Crippen molar-refractivity contribution in [1.29, 1.82) is 0 Å². The first kappa shape index (κ1) is 23.9. The second-order valence-electron chi connectivity index (χ2n) is 7.62. The molecule has 6 nitrogen and oxygen atoms in total. The van der Waals surface area contributed by atoms with Gasteiger partial charge in [-0.15, -0.1) is 0 Å². The minimum atomic E-state index is -0.0550. The topological polar surface area (TPSA) is 77.4 Å². The lowest BCUT2D eigenvalue weighted by Gasteiger charge is -2.19. The van der Waals surface area contributed by atoms with Crippen LogP contribution in [0.5, 0.6) is 34.5 Å². The normalized spacial score (nSPS) is 10.5. The number of allylic oxidation sites excluding steroid dienone is 1. The first-order valence-corrected chi connectivity index (χ1v) is 10.7. The van der Waals surface area contributed by atoms with Crippen LogP contribution in [0.25, 0.3) is 22.3 Å². The Morgan fingerprint density at radius 1 is 0.818 bits per heavy atom. The fourth-order valence-electron chi connectivity index (χ4n) is 3.48. The standard InChI is InChI=1S/C27H30O6/c1-6-32-23-15-19(9-12-22(23)33-14-13-17(2)3)25-24(30-4)16-21(27(31-5)26(25)29)18-7-10-20(28)11-8-18/h7-13,15-16,28-29H,6,14H2,1-5H3. The molecule has 0 spiro atoms. The molecular weight excluding hydrogens is 420 g/mol. The van der Waals surface area contributed by atoms with Crippen LogP contribution in [0.3, 0.4) is 0 Å². The zero-order chi connectivity index (χ0) is 24.0. The summed E-state index contributed by atoms with van der Waals surface area (Å²) >= 11 is 0.